The fourth-order valence-corrected chi connectivity index (χ4v) is 5.76. The van der Waals surface area contributed by atoms with E-state index in [0.717, 1.165) is 25.7 Å². The molecule has 3 rings (SSSR count). The molecule has 1 saturated carbocycles. The molecule has 1 aromatic rings. The lowest BCUT2D eigenvalue weighted by Crippen LogP contribution is -2.55. The third kappa shape index (κ3) is 5.99. The number of rotatable bonds is 8. The van der Waals surface area contributed by atoms with Crippen molar-refractivity contribution in [3.8, 4) is 5.75 Å². The van der Waals surface area contributed by atoms with Crippen molar-refractivity contribution in [2.45, 2.75) is 45.1 Å². The minimum atomic E-state index is -3.54. The maximum absolute atomic E-state index is 13.0. The van der Waals surface area contributed by atoms with Gasteiger partial charge in [-0.1, -0.05) is 25.3 Å². The normalized spacial score (nSPS) is 18.5. The summed E-state index contributed by atoms with van der Waals surface area (Å²) in [6, 6.07) is 6.68. The largest absolute Gasteiger partial charge is 0.482 e. The summed E-state index contributed by atoms with van der Waals surface area (Å²) in [5.41, 5.74) is 0.432. The molecule has 0 spiro atoms. The van der Waals surface area contributed by atoms with Gasteiger partial charge in [0, 0.05) is 44.8 Å². The Morgan fingerprint density at radius 1 is 1.09 bits per heavy atom. The van der Waals surface area contributed by atoms with Crippen LogP contribution in [0.25, 0.3) is 0 Å². The van der Waals surface area contributed by atoms with E-state index in [1.807, 2.05) is 0 Å². The lowest BCUT2D eigenvalue weighted by molar-refractivity contribution is -0.145. The van der Waals surface area contributed by atoms with E-state index in [0.29, 0.717) is 24.4 Å². The Kier molecular flexibility index (Phi) is 8.50. The molecule has 1 saturated heterocycles. The van der Waals surface area contributed by atoms with Gasteiger partial charge < -0.3 is 14.4 Å². The van der Waals surface area contributed by atoms with Crippen LogP contribution < -0.4 is 4.74 Å². The van der Waals surface area contributed by atoms with Gasteiger partial charge in [0.2, 0.25) is 0 Å². The highest BCUT2D eigenvalue weighted by molar-refractivity contribution is 7.86. The fraction of sp³-hybridized carbons (Fsp3) is 0.636. The van der Waals surface area contributed by atoms with E-state index >= 15 is 0 Å². The summed E-state index contributed by atoms with van der Waals surface area (Å²) in [6.07, 6.45) is 5.11. The molecule has 0 atom stereocenters. The maximum atomic E-state index is 13.0. The van der Waals surface area contributed by atoms with E-state index in [2.05, 4.69) is 0 Å². The van der Waals surface area contributed by atoms with Crippen molar-refractivity contribution >= 4 is 22.1 Å². The number of hydrogen-bond acceptors (Lipinski definition) is 6. The zero-order chi connectivity index (χ0) is 23.1. The molecule has 0 bridgehead atoms. The molecule has 1 aliphatic carbocycles. The van der Waals surface area contributed by atoms with Crippen LogP contribution in [0.1, 0.15) is 49.4 Å². The van der Waals surface area contributed by atoms with Gasteiger partial charge in [-0.25, -0.2) is 4.79 Å². The SMILES string of the molecule is CCOC(=O)COc1cccc(C(=O)N2CCN(S(=O)(=O)N(C)C3CCCCC3)CC2)c1. The standard InChI is InChI=1S/C22H33N3O6S/c1-3-30-21(26)17-31-20-11-7-8-18(16-20)22(27)24-12-14-25(15-13-24)32(28,29)23(2)19-9-5-4-6-10-19/h7-8,11,16,19H,3-6,9-10,12-15,17H2,1-2H3. The first-order chi connectivity index (χ1) is 15.3. The summed E-state index contributed by atoms with van der Waals surface area (Å²) in [4.78, 5) is 26.0. The highest BCUT2D eigenvalue weighted by atomic mass is 32.2. The molecule has 1 aliphatic heterocycles. The van der Waals surface area contributed by atoms with E-state index < -0.39 is 16.2 Å². The quantitative estimate of drug-likeness (QED) is 0.542. The van der Waals surface area contributed by atoms with Gasteiger partial charge in [-0.3, -0.25) is 4.79 Å². The number of hydrogen-bond donors (Lipinski definition) is 0. The molecular weight excluding hydrogens is 434 g/mol. The van der Waals surface area contributed by atoms with Crippen LogP contribution in [-0.4, -0.2) is 86.3 Å². The van der Waals surface area contributed by atoms with E-state index in [1.54, 1.807) is 43.1 Å². The van der Waals surface area contributed by atoms with Crippen molar-refractivity contribution in [1.29, 1.82) is 0 Å². The molecule has 1 aromatic carbocycles. The van der Waals surface area contributed by atoms with Crippen LogP contribution >= 0.6 is 0 Å². The monoisotopic (exact) mass is 467 g/mol. The Morgan fingerprint density at radius 2 is 1.78 bits per heavy atom. The predicted octanol–water partition coefficient (Wildman–Crippen LogP) is 1.90. The number of ether oxygens (including phenoxy) is 2. The molecule has 32 heavy (non-hydrogen) atoms. The first-order valence-corrected chi connectivity index (χ1v) is 12.6. The number of benzene rings is 1. The van der Waals surface area contributed by atoms with Crippen LogP contribution in [0, 0.1) is 0 Å². The molecule has 1 heterocycles. The van der Waals surface area contributed by atoms with Crippen molar-refractivity contribution in [2.75, 3.05) is 46.4 Å². The van der Waals surface area contributed by atoms with Gasteiger partial charge in [-0.05, 0) is 38.0 Å². The van der Waals surface area contributed by atoms with Crippen molar-refractivity contribution in [3.05, 3.63) is 29.8 Å². The van der Waals surface area contributed by atoms with Gasteiger partial charge in [-0.2, -0.15) is 17.0 Å². The molecule has 178 valence electrons. The highest BCUT2D eigenvalue weighted by Gasteiger charge is 2.35. The number of carbonyl (C=O) groups is 2. The van der Waals surface area contributed by atoms with Crippen LogP contribution in [0.15, 0.2) is 24.3 Å². The van der Waals surface area contributed by atoms with Crippen molar-refractivity contribution in [1.82, 2.24) is 13.5 Å². The van der Waals surface area contributed by atoms with Crippen LogP contribution in [0.5, 0.6) is 5.75 Å². The zero-order valence-corrected chi connectivity index (χ0v) is 19.7. The third-order valence-corrected chi connectivity index (χ3v) is 8.09. The summed E-state index contributed by atoms with van der Waals surface area (Å²) in [5, 5.41) is 0. The number of carbonyl (C=O) groups excluding carboxylic acids is 2. The molecule has 1 amide bonds. The zero-order valence-electron chi connectivity index (χ0n) is 18.9. The summed E-state index contributed by atoms with van der Waals surface area (Å²) < 4.78 is 39.3. The van der Waals surface area contributed by atoms with Gasteiger partial charge in [-0.15, -0.1) is 0 Å². The van der Waals surface area contributed by atoms with Gasteiger partial charge in [0.05, 0.1) is 6.61 Å². The molecule has 0 unspecified atom stereocenters. The summed E-state index contributed by atoms with van der Waals surface area (Å²) in [5.74, 6) is -0.261. The second-order valence-corrected chi connectivity index (χ2v) is 10.1. The number of amides is 1. The van der Waals surface area contributed by atoms with Gasteiger partial charge in [0.25, 0.3) is 16.1 Å². The first kappa shape index (κ1) is 24.5. The summed E-state index contributed by atoms with van der Waals surface area (Å²) >= 11 is 0. The first-order valence-electron chi connectivity index (χ1n) is 11.2. The predicted molar refractivity (Wildman–Crippen MR) is 120 cm³/mol. The minimum Gasteiger partial charge on any atom is -0.482 e. The molecular formula is C22H33N3O6S. The molecule has 9 nitrogen and oxygen atoms in total. The van der Waals surface area contributed by atoms with Crippen LogP contribution in [0.4, 0.5) is 0 Å². The third-order valence-electron chi connectivity index (χ3n) is 6.05. The maximum Gasteiger partial charge on any atom is 0.344 e. The summed E-state index contributed by atoms with van der Waals surface area (Å²) in [6.45, 7) is 2.95. The molecule has 0 N–H and O–H groups in total. The van der Waals surface area contributed by atoms with Crippen molar-refractivity contribution in [2.24, 2.45) is 0 Å². The average Bonchev–Trinajstić information content (AvgIpc) is 2.83. The number of nitrogens with zero attached hydrogens (tertiary/aromatic N) is 3. The fourth-order valence-electron chi connectivity index (χ4n) is 4.18. The topological polar surface area (TPSA) is 96.5 Å². The average molecular weight is 468 g/mol. The van der Waals surface area contributed by atoms with E-state index in [9.17, 15) is 18.0 Å². The van der Waals surface area contributed by atoms with Crippen molar-refractivity contribution < 1.29 is 27.5 Å². The Balaban J connectivity index is 1.56. The lowest BCUT2D eigenvalue weighted by Gasteiger charge is -2.38. The molecule has 2 aliphatic rings. The number of piperazine rings is 1. The second-order valence-electron chi connectivity index (χ2n) is 8.13. The Bertz CT molecular complexity index is 893. The Labute approximate surface area is 190 Å². The molecule has 2 fully saturated rings. The van der Waals surface area contributed by atoms with Gasteiger partial charge in [0.15, 0.2) is 6.61 Å². The Hall–Kier alpha value is -2.17. The minimum absolute atomic E-state index is 0.0609. The molecule has 0 radical (unpaired) electrons. The van der Waals surface area contributed by atoms with E-state index in [-0.39, 0.29) is 38.3 Å². The summed E-state index contributed by atoms with van der Waals surface area (Å²) in [7, 11) is -1.87. The smallest absolute Gasteiger partial charge is 0.344 e. The van der Waals surface area contributed by atoms with Gasteiger partial charge in [0.1, 0.15) is 5.75 Å². The molecule has 10 heteroatoms. The second kappa shape index (κ2) is 11.1. The Morgan fingerprint density at radius 3 is 2.44 bits per heavy atom. The lowest BCUT2D eigenvalue weighted by atomic mass is 9.96. The molecule has 0 aromatic heterocycles. The van der Waals surface area contributed by atoms with Crippen LogP contribution in [0.2, 0.25) is 0 Å². The van der Waals surface area contributed by atoms with Crippen LogP contribution in [0.3, 0.4) is 0 Å². The van der Waals surface area contributed by atoms with E-state index in [1.165, 1.54) is 15.0 Å². The van der Waals surface area contributed by atoms with E-state index in [4.69, 9.17) is 9.47 Å². The van der Waals surface area contributed by atoms with Gasteiger partial charge >= 0.3 is 5.97 Å². The van der Waals surface area contributed by atoms with Crippen molar-refractivity contribution in [3.63, 3.8) is 0 Å². The van der Waals surface area contributed by atoms with Crippen LogP contribution in [-0.2, 0) is 19.7 Å². The highest BCUT2D eigenvalue weighted by Crippen LogP contribution is 2.25. The number of esters is 1.